The first-order valence-electron chi connectivity index (χ1n) is 6.12. The van der Waals surface area contributed by atoms with E-state index in [9.17, 15) is 4.79 Å². The van der Waals surface area contributed by atoms with Gasteiger partial charge in [-0.2, -0.15) is 0 Å². The fourth-order valence-corrected chi connectivity index (χ4v) is 2.73. The van der Waals surface area contributed by atoms with E-state index in [-0.39, 0.29) is 5.56 Å². The number of nitrogens with zero attached hydrogens (tertiary/aromatic N) is 4. The highest BCUT2D eigenvalue weighted by Crippen LogP contribution is 2.24. The second-order valence-electron chi connectivity index (χ2n) is 4.37. The SMILES string of the molecule is CNc1nc(Cn2cnc(C)cc2=O)nc2sccc12. The van der Waals surface area contributed by atoms with Crippen molar-refractivity contribution in [1.82, 2.24) is 19.5 Å². The van der Waals surface area contributed by atoms with Crippen LogP contribution in [0.2, 0.25) is 0 Å². The van der Waals surface area contributed by atoms with Crippen molar-refractivity contribution in [2.45, 2.75) is 13.5 Å². The Morgan fingerprint density at radius 2 is 2.25 bits per heavy atom. The van der Waals surface area contributed by atoms with Gasteiger partial charge in [-0.1, -0.05) is 0 Å². The summed E-state index contributed by atoms with van der Waals surface area (Å²) in [5.41, 5.74) is 0.607. The molecule has 0 aliphatic carbocycles. The van der Waals surface area contributed by atoms with Crippen LogP contribution in [0.25, 0.3) is 10.2 Å². The van der Waals surface area contributed by atoms with Crippen LogP contribution in [0.3, 0.4) is 0 Å². The lowest BCUT2D eigenvalue weighted by Crippen LogP contribution is -2.21. The number of fused-ring (bicyclic) bond motifs is 1. The molecule has 3 aromatic heterocycles. The van der Waals surface area contributed by atoms with E-state index in [1.54, 1.807) is 18.3 Å². The molecule has 0 saturated carbocycles. The molecule has 1 N–H and O–H groups in total. The molecule has 102 valence electrons. The van der Waals surface area contributed by atoms with E-state index < -0.39 is 0 Å². The molecule has 0 fully saturated rings. The molecule has 0 radical (unpaired) electrons. The van der Waals surface area contributed by atoms with Gasteiger partial charge in [0.15, 0.2) is 5.82 Å². The number of rotatable bonds is 3. The summed E-state index contributed by atoms with van der Waals surface area (Å²) in [7, 11) is 1.82. The summed E-state index contributed by atoms with van der Waals surface area (Å²) in [6, 6.07) is 3.48. The average Bonchev–Trinajstić information content (AvgIpc) is 2.89. The van der Waals surface area contributed by atoms with E-state index in [1.807, 2.05) is 18.5 Å². The lowest BCUT2D eigenvalue weighted by atomic mass is 10.3. The molecule has 0 aliphatic rings. The third-order valence-corrected chi connectivity index (χ3v) is 3.74. The molecular weight excluding hydrogens is 274 g/mol. The lowest BCUT2D eigenvalue weighted by molar-refractivity contribution is 0.697. The highest BCUT2D eigenvalue weighted by Gasteiger charge is 2.09. The largest absolute Gasteiger partial charge is 0.372 e. The van der Waals surface area contributed by atoms with E-state index in [1.165, 1.54) is 17.0 Å². The maximum Gasteiger partial charge on any atom is 0.253 e. The quantitative estimate of drug-likeness (QED) is 0.793. The number of hydrogen-bond donors (Lipinski definition) is 1. The summed E-state index contributed by atoms with van der Waals surface area (Å²) in [6.07, 6.45) is 1.53. The van der Waals surface area contributed by atoms with Crippen molar-refractivity contribution >= 4 is 27.4 Å². The second-order valence-corrected chi connectivity index (χ2v) is 5.27. The number of aromatic nitrogens is 4. The van der Waals surface area contributed by atoms with E-state index in [0.717, 1.165) is 16.0 Å². The molecule has 3 rings (SSSR count). The van der Waals surface area contributed by atoms with Crippen LogP contribution in [0, 0.1) is 6.92 Å². The number of hydrogen-bond acceptors (Lipinski definition) is 6. The van der Waals surface area contributed by atoms with Crippen molar-refractivity contribution in [1.29, 1.82) is 0 Å². The predicted molar refractivity (Wildman–Crippen MR) is 79.3 cm³/mol. The lowest BCUT2D eigenvalue weighted by Gasteiger charge is -2.07. The monoisotopic (exact) mass is 287 g/mol. The van der Waals surface area contributed by atoms with Gasteiger partial charge in [0.05, 0.1) is 18.3 Å². The minimum atomic E-state index is -0.0987. The zero-order valence-corrected chi connectivity index (χ0v) is 11.9. The summed E-state index contributed by atoms with van der Waals surface area (Å²) in [6.45, 7) is 2.10. The highest BCUT2D eigenvalue weighted by molar-refractivity contribution is 7.16. The molecule has 0 bridgehead atoms. The number of thiophene rings is 1. The smallest absolute Gasteiger partial charge is 0.253 e. The molecule has 0 unspecified atom stereocenters. The van der Waals surface area contributed by atoms with Gasteiger partial charge >= 0.3 is 0 Å². The van der Waals surface area contributed by atoms with Gasteiger partial charge in [0.2, 0.25) is 0 Å². The van der Waals surface area contributed by atoms with E-state index >= 15 is 0 Å². The fourth-order valence-electron chi connectivity index (χ4n) is 1.95. The summed E-state index contributed by atoms with van der Waals surface area (Å²) in [5, 5.41) is 6.03. The van der Waals surface area contributed by atoms with Gasteiger partial charge in [-0.25, -0.2) is 15.0 Å². The molecule has 0 spiro atoms. The second kappa shape index (κ2) is 5.01. The average molecular weight is 287 g/mol. The minimum Gasteiger partial charge on any atom is -0.372 e. The van der Waals surface area contributed by atoms with Crippen LogP contribution in [0.4, 0.5) is 5.82 Å². The summed E-state index contributed by atoms with van der Waals surface area (Å²) in [5.74, 6) is 1.37. The standard InChI is InChI=1S/C13H13N5OS/c1-8-5-11(19)18(7-15-8)6-10-16-12(14-2)9-3-4-20-13(9)17-10/h3-5,7H,6H2,1-2H3,(H,14,16,17). The van der Waals surface area contributed by atoms with Crippen molar-refractivity contribution in [2.24, 2.45) is 0 Å². The summed E-state index contributed by atoms with van der Waals surface area (Å²) in [4.78, 5) is 25.8. The summed E-state index contributed by atoms with van der Waals surface area (Å²) < 4.78 is 1.50. The molecule has 20 heavy (non-hydrogen) atoms. The van der Waals surface area contributed by atoms with Crippen molar-refractivity contribution < 1.29 is 0 Å². The third-order valence-electron chi connectivity index (χ3n) is 2.94. The fraction of sp³-hybridized carbons (Fsp3) is 0.231. The minimum absolute atomic E-state index is 0.0987. The molecular formula is C13H13N5OS. The van der Waals surface area contributed by atoms with Gasteiger partial charge in [-0.3, -0.25) is 9.36 Å². The molecule has 7 heteroatoms. The normalized spacial score (nSPS) is 10.9. The molecule has 3 aromatic rings. The first-order chi connectivity index (χ1) is 9.67. The van der Waals surface area contributed by atoms with Crippen molar-refractivity contribution in [2.75, 3.05) is 12.4 Å². The Balaban J connectivity index is 2.04. The molecule has 3 heterocycles. The molecule has 6 nitrogen and oxygen atoms in total. The Hall–Kier alpha value is -2.28. The van der Waals surface area contributed by atoms with Crippen molar-refractivity contribution in [3.63, 3.8) is 0 Å². The zero-order valence-electron chi connectivity index (χ0n) is 11.1. The number of anilines is 1. The Bertz CT molecular complexity index is 823. The molecule has 0 amide bonds. The summed E-state index contributed by atoms with van der Waals surface area (Å²) >= 11 is 1.55. The zero-order chi connectivity index (χ0) is 14.1. The molecule has 0 aromatic carbocycles. The van der Waals surface area contributed by atoms with Gasteiger partial charge in [-0.15, -0.1) is 11.3 Å². The van der Waals surface area contributed by atoms with Crippen LogP contribution < -0.4 is 10.9 Å². The van der Waals surface area contributed by atoms with Crippen LogP contribution in [0.5, 0.6) is 0 Å². The number of aryl methyl sites for hydroxylation is 1. The van der Waals surface area contributed by atoms with Crippen molar-refractivity contribution in [3.05, 3.63) is 45.7 Å². The molecule has 0 aliphatic heterocycles. The Morgan fingerprint density at radius 1 is 1.40 bits per heavy atom. The van der Waals surface area contributed by atoms with Crippen LogP contribution in [0.15, 0.2) is 28.6 Å². The molecule has 0 atom stereocenters. The van der Waals surface area contributed by atoms with Gasteiger partial charge in [0.1, 0.15) is 10.6 Å². The van der Waals surface area contributed by atoms with Crippen LogP contribution in [-0.2, 0) is 6.54 Å². The highest BCUT2D eigenvalue weighted by atomic mass is 32.1. The Morgan fingerprint density at radius 3 is 3.00 bits per heavy atom. The van der Waals surface area contributed by atoms with Gasteiger partial charge in [0, 0.05) is 18.8 Å². The van der Waals surface area contributed by atoms with E-state index in [2.05, 4.69) is 20.3 Å². The van der Waals surface area contributed by atoms with Gasteiger partial charge in [-0.05, 0) is 18.4 Å². The van der Waals surface area contributed by atoms with Gasteiger partial charge in [0.25, 0.3) is 5.56 Å². The Kier molecular flexibility index (Phi) is 3.19. The predicted octanol–water partition coefficient (Wildman–Crippen LogP) is 1.65. The van der Waals surface area contributed by atoms with Crippen LogP contribution >= 0.6 is 11.3 Å². The maximum atomic E-state index is 11.9. The van der Waals surface area contributed by atoms with Crippen molar-refractivity contribution in [3.8, 4) is 0 Å². The van der Waals surface area contributed by atoms with Crippen LogP contribution in [0.1, 0.15) is 11.5 Å². The Labute approximate surface area is 119 Å². The topological polar surface area (TPSA) is 72.7 Å². The maximum absolute atomic E-state index is 11.9. The van der Waals surface area contributed by atoms with E-state index in [4.69, 9.17) is 0 Å². The third kappa shape index (κ3) is 2.27. The number of nitrogens with one attached hydrogen (secondary N) is 1. The molecule has 0 saturated heterocycles. The first kappa shape index (κ1) is 12.7. The van der Waals surface area contributed by atoms with Crippen LogP contribution in [-0.4, -0.2) is 26.6 Å². The van der Waals surface area contributed by atoms with E-state index in [0.29, 0.717) is 18.1 Å². The van der Waals surface area contributed by atoms with Gasteiger partial charge < -0.3 is 5.32 Å². The first-order valence-corrected chi connectivity index (χ1v) is 7.00.